The van der Waals surface area contributed by atoms with Crippen molar-refractivity contribution < 1.29 is 0 Å². The molecule has 1 heterocycles. The van der Waals surface area contributed by atoms with Crippen molar-refractivity contribution in [3.05, 3.63) is 42.1 Å². The third kappa shape index (κ3) is 4.01. The van der Waals surface area contributed by atoms with E-state index in [1.165, 1.54) is 17.4 Å². The molecule has 1 aromatic carbocycles. The van der Waals surface area contributed by atoms with Gasteiger partial charge in [0.2, 0.25) is 0 Å². The number of rotatable bonds is 7. The van der Waals surface area contributed by atoms with Crippen LogP contribution in [-0.2, 0) is 6.54 Å². The van der Waals surface area contributed by atoms with Gasteiger partial charge in [0, 0.05) is 31.2 Å². The lowest BCUT2D eigenvalue weighted by Crippen LogP contribution is -2.31. The highest BCUT2D eigenvalue weighted by Gasteiger charge is 2.05. The summed E-state index contributed by atoms with van der Waals surface area (Å²) in [6.07, 6.45) is 3.04. The number of hydrogen-bond donors (Lipinski definition) is 1. The Hall–Kier alpha value is -1.45. The molecule has 3 heteroatoms. The first-order chi connectivity index (χ1) is 9.33. The monoisotopic (exact) mass is 257 g/mol. The zero-order valence-electron chi connectivity index (χ0n) is 11.9. The van der Waals surface area contributed by atoms with Crippen molar-refractivity contribution in [2.45, 2.75) is 19.9 Å². The Balaban J connectivity index is 2.09. The van der Waals surface area contributed by atoms with Gasteiger partial charge in [0.25, 0.3) is 0 Å². The van der Waals surface area contributed by atoms with Crippen molar-refractivity contribution in [2.75, 3.05) is 26.7 Å². The maximum absolute atomic E-state index is 4.36. The van der Waals surface area contributed by atoms with Gasteiger partial charge in [-0.1, -0.05) is 19.1 Å². The largest absolute Gasteiger partial charge is 0.318 e. The highest BCUT2D eigenvalue weighted by Crippen LogP contribution is 2.14. The predicted octanol–water partition coefficient (Wildman–Crippen LogP) is 2.67. The normalized spacial score (nSPS) is 11.3. The van der Waals surface area contributed by atoms with Gasteiger partial charge in [-0.05, 0) is 43.8 Å². The molecule has 2 aromatic rings. The molecule has 0 spiro atoms. The molecule has 0 unspecified atom stereocenters. The second kappa shape index (κ2) is 7.22. The van der Waals surface area contributed by atoms with Crippen LogP contribution in [0.5, 0.6) is 0 Å². The molecule has 19 heavy (non-hydrogen) atoms. The van der Waals surface area contributed by atoms with Gasteiger partial charge in [0.15, 0.2) is 0 Å². The summed E-state index contributed by atoms with van der Waals surface area (Å²) in [6, 6.07) is 10.7. The summed E-state index contributed by atoms with van der Waals surface area (Å²) < 4.78 is 0. The fraction of sp³-hybridized carbons (Fsp3) is 0.438. The fourth-order valence-electron chi connectivity index (χ4n) is 2.34. The summed E-state index contributed by atoms with van der Waals surface area (Å²) in [7, 11) is 2.01. The van der Waals surface area contributed by atoms with Crippen LogP contribution < -0.4 is 5.32 Å². The molecule has 3 nitrogen and oxygen atoms in total. The minimum atomic E-state index is 1.01. The maximum Gasteiger partial charge on any atom is 0.0702 e. The maximum atomic E-state index is 4.36. The molecule has 0 saturated heterocycles. The van der Waals surface area contributed by atoms with Crippen LogP contribution in [0.15, 0.2) is 36.5 Å². The molecule has 0 fully saturated rings. The van der Waals surface area contributed by atoms with Crippen molar-refractivity contribution >= 4 is 10.9 Å². The van der Waals surface area contributed by atoms with E-state index in [1.54, 1.807) is 0 Å². The van der Waals surface area contributed by atoms with Gasteiger partial charge in [-0.15, -0.1) is 0 Å². The van der Waals surface area contributed by atoms with Crippen LogP contribution in [-0.4, -0.2) is 36.6 Å². The number of fused-ring (bicyclic) bond motifs is 1. The van der Waals surface area contributed by atoms with Crippen LogP contribution >= 0.6 is 0 Å². The highest BCUT2D eigenvalue weighted by molar-refractivity contribution is 5.78. The van der Waals surface area contributed by atoms with Gasteiger partial charge in [-0.3, -0.25) is 9.88 Å². The molecule has 0 amide bonds. The molecule has 0 saturated carbocycles. The van der Waals surface area contributed by atoms with E-state index < -0.39 is 0 Å². The molecule has 0 aliphatic rings. The number of pyridine rings is 1. The first-order valence-corrected chi connectivity index (χ1v) is 7.04. The Morgan fingerprint density at radius 1 is 1.21 bits per heavy atom. The number of likely N-dealkylation sites (N-methyl/N-ethyl adjacent to an activating group) is 1. The number of aromatic nitrogens is 1. The van der Waals surface area contributed by atoms with Crippen LogP contribution in [0.25, 0.3) is 10.9 Å². The number of nitrogens with zero attached hydrogens (tertiary/aromatic N) is 2. The van der Waals surface area contributed by atoms with Crippen molar-refractivity contribution in [2.24, 2.45) is 0 Å². The zero-order chi connectivity index (χ0) is 13.5. The summed E-state index contributed by atoms with van der Waals surface area (Å²) in [5.74, 6) is 0. The van der Waals surface area contributed by atoms with E-state index >= 15 is 0 Å². The van der Waals surface area contributed by atoms with Gasteiger partial charge < -0.3 is 5.32 Å². The highest BCUT2D eigenvalue weighted by atomic mass is 15.1. The molecular formula is C16H23N3. The van der Waals surface area contributed by atoms with Gasteiger partial charge in [-0.2, -0.15) is 0 Å². The summed E-state index contributed by atoms with van der Waals surface area (Å²) in [4.78, 5) is 6.86. The SMILES string of the molecule is CCCN(CCNC)Cc1ccc2ncccc2c1. The summed E-state index contributed by atoms with van der Waals surface area (Å²) >= 11 is 0. The predicted molar refractivity (Wildman–Crippen MR) is 81.2 cm³/mol. The third-order valence-corrected chi connectivity index (χ3v) is 3.29. The molecule has 1 aromatic heterocycles. The van der Waals surface area contributed by atoms with Gasteiger partial charge in [0.1, 0.15) is 0 Å². The molecule has 2 rings (SSSR count). The molecule has 0 aliphatic heterocycles. The van der Waals surface area contributed by atoms with Crippen LogP contribution in [0.2, 0.25) is 0 Å². The van der Waals surface area contributed by atoms with E-state index in [9.17, 15) is 0 Å². The smallest absolute Gasteiger partial charge is 0.0702 e. The van der Waals surface area contributed by atoms with E-state index in [2.05, 4.69) is 46.4 Å². The molecule has 0 atom stereocenters. The van der Waals surface area contributed by atoms with Crippen molar-refractivity contribution in [3.8, 4) is 0 Å². The summed E-state index contributed by atoms with van der Waals surface area (Å²) in [5.41, 5.74) is 2.44. The van der Waals surface area contributed by atoms with E-state index in [4.69, 9.17) is 0 Å². The van der Waals surface area contributed by atoms with Crippen molar-refractivity contribution in [1.82, 2.24) is 15.2 Å². The number of benzene rings is 1. The lowest BCUT2D eigenvalue weighted by Gasteiger charge is -2.21. The topological polar surface area (TPSA) is 28.2 Å². The van der Waals surface area contributed by atoms with Gasteiger partial charge >= 0.3 is 0 Å². The Labute approximate surface area is 115 Å². The molecular weight excluding hydrogens is 234 g/mol. The van der Waals surface area contributed by atoms with E-state index in [-0.39, 0.29) is 0 Å². The van der Waals surface area contributed by atoms with E-state index in [1.807, 2.05) is 19.3 Å². The van der Waals surface area contributed by atoms with E-state index in [0.29, 0.717) is 0 Å². The lowest BCUT2D eigenvalue weighted by atomic mass is 10.1. The Bertz CT molecular complexity index is 510. The second-order valence-electron chi connectivity index (χ2n) is 4.91. The zero-order valence-corrected chi connectivity index (χ0v) is 11.9. The summed E-state index contributed by atoms with van der Waals surface area (Å²) in [6.45, 7) is 6.52. The molecule has 0 aliphatic carbocycles. The van der Waals surface area contributed by atoms with Gasteiger partial charge in [0.05, 0.1) is 5.52 Å². The standard InChI is InChI=1S/C16H23N3/c1-3-10-19(11-9-17-2)13-14-6-7-16-15(12-14)5-4-8-18-16/h4-8,12,17H,3,9-11,13H2,1-2H3. The van der Waals surface area contributed by atoms with Crippen LogP contribution in [0.4, 0.5) is 0 Å². The average molecular weight is 257 g/mol. The minimum absolute atomic E-state index is 1.01. The van der Waals surface area contributed by atoms with Crippen LogP contribution in [0.1, 0.15) is 18.9 Å². The number of hydrogen-bond acceptors (Lipinski definition) is 3. The first-order valence-electron chi connectivity index (χ1n) is 7.04. The van der Waals surface area contributed by atoms with Crippen molar-refractivity contribution in [1.29, 1.82) is 0 Å². The van der Waals surface area contributed by atoms with Crippen LogP contribution in [0.3, 0.4) is 0 Å². The molecule has 1 N–H and O–H groups in total. The second-order valence-corrected chi connectivity index (χ2v) is 4.91. The molecule has 0 bridgehead atoms. The number of nitrogens with one attached hydrogen (secondary N) is 1. The Morgan fingerprint density at radius 3 is 2.89 bits per heavy atom. The van der Waals surface area contributed by atoms with E-state index in [0.717, 1.165) is 31.7 Å². The third-order valence-electron chi connectivity index (χ3n) is 3.29. The Kier molecular flexibility index (Phi) is 5.31. The summed E-state index contributed by atoms with van der Waals surface area (Å²) in [5, 5.41) is 4.45. The first kappa shape index (κ1) is 14.0. The minimum Gasteiger partial charge on any atom is -0.318 e. The fourth-order valence-corrected chi connectivity index (χ4v) is 2.34. The average Bonchev–Trinajstić information content (AvgIpc) is 2.45. The van der Waals surface area contributed by atoms with Crippen LogP contribution in [0, 0.1) is 0 Å². The van der Waals surface area contributed by atoms with Crippen molar-refractivity contribution in [3.63, 3.8) is 0 Å². The quantitative estimate of drug-likeness (QED) is 0.826. The lowest BCUT2D eigenvalue weighted by molar-refractivity contribution is 0.268. The molecule has 0 radical (unpaired) electrons. The Morgan fingerprint density at radius 2 is 2.11 bits per heavy atom. The molecule has 102 valence electrons. The van der Waals surface area contributed by atoms with Gasteiger partial charge in [-0.25, -0.2) is 0 Å².